The van der Waals surface area contributed by atoms with E-state index in [1.807, 2.05) is 0 Å². The maximum Gasteiger partial charge on any atom is 0.102 e. The summed E-state index contributed by atoms with van der Waals surface area (Å²) in [5.74, 6) is 1.82. The molecule has 1 fully saturated rings. The van der Waals surface area contributed by atoms with Crippen molar-refractivity contribution in [1.82, 2.24) is 4.90 Å². The number of hydrogen-bond donors (Lipinski definition) is 1. The van der Waals surface area contributed by atoms with E-state index >= 15 is 0 Å². The van der Waals surface area contributed by atoms with Crippen molar-refractivity contribution in [2.75, 3.05) is 19.6 Å². The molecule has 132 valence electrons. The number of nitrogens with zero attached hydrogens (tertiary/aromatic N) is 2. The van der Waals surface area contributed by atoms with Crippen molar-refractivity contribution in [3.05, 3.63) is 25.6 Å². The Bertz CT molecular complexity index is 647. The lowest BCUT2D eigenvalue weighted by Crippen LogP contribution is -2.38. The molecule has 2 aliphatic rings. The number of likely N-dealkylation sites (tertiary alicyclic amines) is 1. The number of aliphatic imine (C=N–C) groups is 1. The van der Waals surface area contributed by atoms with Crippen molar-refractivity contribution in [2.24, 2.45) is 16.6 Å². The van der Waals surface area contributed by atoms with E-state index in [1.54, 1.807) is 0 Å². The van der Waals surface area contributed by atoms with E-state index < -0.39 is 0 Å². The Kier molecular flexibility index (Phi) is 6.04. The molecular weight excluding hydrogens is 430 g/mol. The molecule has 3 rings (SSSR count). The van der Waals surface area contributed by atoms with Gasteiger partial charge in [0.05, 0.1) is 10.2 Å². The highest BCUT2D eigenvalue weighted by molar-refractivity contribution is 9.13. The number of fused-ring (bicyclic) bond motifs is 1. The van der Waals surface area contributed by atoms with Gasteiger partial charge in [-0.15, -0.1) is 0 Å². The lowest BCUT2D eigenvalue weighted by atomic mass is 9.87. The summed E-state index contributed by atoms with van der Waals surface area (Å²) < 4.78 is 2.27. The fourth-order valence-electron chi connectivity index (χ4n) is 3.96. The van der Waals surface area contributed by atoms with Gasteiger partial charge in [0.25, 0.3) is 0 Å². The minimum atomic E-state index is 0.682. The zero-order valence-electron chi connectivity index (χ0n) is 14.7. The summed E-state index contributed by atoms with van der Waals surface area (Å²) in [5.41, 5.74) is 11.3. The van der Waals surface area contributed by atoms with Crippen LogP contribution in [0, 0.1) is 12.8 Å². The van der Waals surface area contributed by atoms with Crippen LogP contribution in [-0.2, 0) is 12.8 Å². The van der Waals surface area contributed by atoms with E-state index in [4.69, 9.17) is 10.7 Å². The lowest BCUT2D eigenvalue weighted by molar-refractivity contribution is 0.270. The van der Waals surface area contributed by atoms with Crippen LogP contribution in [0.2, 0.25) is 0 Å². The van der Waals surface area contributed by atoms with Crippen LogP contribution in [0.1, 0.15) is 49.3 Å². The Morgan fingerprint density at radius 3 is 2.38 bits per heavy atom. The Balaban J connectivity index is 1.93. The average molecular weight is 457 g/mol. The van der Waals surface area contributed by atoms with Gasteiger partial charge in [0.1, 0.15) is 5.84 Å². The third-order valence-electron chi connectivity index (χ3n) is 5.62. The average Bonchev–Trinajstić information content (AvgIpc) is 2.63. The topological polar surface area (TPSA) is 41.6 Å². The van der Waals surface area contributed by atoms with Crippen molar-refractivity contribution < 1.29 is 0 Å². The summed E-state index contributed by atoms with van der Waals surface area (Å²) in [6.45, 7) is 7.33. The molecule has 1 aromatic rings. The Morgan fingerprint density at radius 2 is 1.75 bits per heavy atom. The number of halogens is 2. The van der Waals surface area contributed by atoms with E-state index in [0.29, 0.717) is 5.92 Å². The molecule has 0 saturated carbocycles. The van der Waals surface area contributed by atoms with Gasteiger partial charge in [-0.1, -0.05) is 0 Å². The highest BCUT2D eigenvalue weighted by Crippen LogP contribution is 2.44. The van der Waals surface area contributed by atoms with Gasteiger partial charge in [0.2, 0.25) is 0 Å². The first-order valence-electron chi connectivity index (χ1n) is 9.02. The zero-order valence-corrected chi connectivity index (χ0v) is 17.8. The molecule has 0 bridgehead atoms. The summed E-state index contributed by atoms with van der Waals surface area (Å²) in [6, 6.07) is 0. The van der Waals surface area contributed by atoms with Gasteiger partial charge < -0.3 is 10.6 Å². The monoisotopic (exact) mass is 455 g/mol. The Labute approximate surface area is 162 Å². The largest absolute Gasteiger partial charge is 0.360 e. The number of nitrogens with two attached hydrogens (primary N) is 1. The van der Waals surface area contributed by atoms with Crippen molar-refractivity contribution in [1.29, 1.82) is 0 Å². The van der Waals surface area contributed by atoms with Crippen LogP contribution in [-0.4, -0.2) is 30.4 Å². The summed E-state index contributed by atoms with van der Waals surface area (Å²) in [5, 5.41) is 0. The van der Waals surface area contributed by atoms with Crippen LogP contribution in [0.5, 0.6) is 0 Å². The smallest absolute Gasteiger partial charge is 0.102 e. The fraction of sp³-hybridized carbons (Fsp3) is 0.632. The number of amidine groups is 1. The van der Waals surface area contributed by atoms with Crippen LogP contribution in [0.3, 0.4) is 0 Å². The maximum atomic E-state index is 5.82. The number of rotatable bonds is 2. The molecule has 5 heteroatoms. The van der Waals surface area contributed by atoms with E-state index in [0.717, 1.165) is 46.5 Å². The van der Waals surface area contributed by atoms with E-state index in [1.165, 1.54) is 48.8 Å². The second-order valence-corrected chi connectivity index (χ2v) is 8.68. The molecule has 0 aromatic heterocycles. The van der Waals surface area contributed by atoms with Crippen LogP contribution in [0.25, 0.3) is 0 Å². The zero-order chi connectivity index (χ0) is 17.3. The van der Waals surface area contributed by atoms with Crippen molar-refractivity contribution in [2.45, 2.75) is 52.4 Å². The van der Waals surface area contributed by atoms with Gasteiger partial charge in [-0.2, -0.15) is 0 Å². The predicted molar refractivity (Wildman–Crippen MR) is 109 cm³/mol. The molecule has 1 aliphatic heterocycles. The number of hydrogen-bond acceptors (Lipinski definition) is 2. The molecule has 1 aromatic carbocycles. The molecule has 1 heterocycles. The number of benzene rings is 1. The minimum Gasteiger partial charge on any atom is -0.360 e. The Morgan fingerprint density at radius 1 is 1.12 bits per heavy atom. The van der Waals surface area contributed by atoms with Crippen molar-refractivity contribution >= 4 is 43.4 Å². The molecule has 3 nitrogen and oxygen atoms in total. The second-order valence-electron chi connectivity index (χ2n) is 7.09. The SMILES string of the molecule is CC(=Nc1c(Br)c(Br)c(C)c2c1CCCC2)N1CCC(CN)CC1. The van der Waals surface area contributed by atoms with Gasteiger partial charge in [-0.3, -0.25) is 0 Å². The second kappa shape index (κ2) is 7.88. The van der Waals surface area contributed by atoms with Crippen LogP contribution in [0.4, 0.5) is 5.69 Å². The molecule has 24 heavy (non-hydrogen) atoms. The van der Waals surface area contributed by atoms with Gasteiger partial charge in [-0.25, -0.2) is 4.99 Å². The quantitative estimate of drug-likeness (QED) is 0.495. The van der Waals surface area contributed by atoms with Crippen LogP contribution < -0.4 is 5.73 Å². The lowest BCUT2D eigenvalue weighted by Gasteiger charge is -2.33. The summed E-state index contributed by atoms with van der Waals surface area (Å²) in [4.78, 5) is 7.50. The predicted octanol–water partition coefficient (Wildman–Crippen LogP) is 5.12. The molecule has 0 atom stereocenters. The van der Waals surface area contributed by atoms with Crippen LogP contribution >= 0.6 is 31.9 Å². The molecule has 0 spiro atoms. The van der Waals surface area contributed by atoms with Crippen LogP contribution in [0.15, 0.2) is 13.9 Å². The third kappa shape index (κ3) is 3.58. The molecule has 0 radical (unpaired) electrons. The molecule has 1 aliphatic carbocycles. The molecular formula is C19H27Br2N3. The van der Waals surface area contributed by atoms with Gasteiger partial charge >= 0.3 is 0 Å². The molecule has 0 amide bonds. The summed E-state index contributed by atoms with van der Waals surface area (Å²) >= 11 is 7.56. The van der Waals surface area contributed by atoms with Crippen molar-refractivity contribution in [3.8, 4) is 0 Å². The highest BCUT2D eigenvalue weighted by Gasteiger charge is 2.23. The third-order valence-corrected chi connectivity index (χ3v) is 7.91. The highest BCUT2D eigenvalue weighted by atomic mass is 79.9. The van der Waals surface area contributed by atoms with Crippen molar-refractivity contribution in [3.63, 3.8) is 0 Å². The van der Waals surface area contributed by atoms with E-state index in [-0.39, 0.29) is 0 Å². The first kappa shape index (κ1) is 18.4. The fourth-order valence-corrected chi connectivity index (χ4v) is 5.01. The normalized spacial score (nSPS) is 19.5. The molecule has 2 N–H and O–H groups in total. The first-order valence-corrected chi connectivity index (χ1v) is 10.6. The molecule has 1 saturated heterocycles. The number of piperidine rings is 1. The summed E-state index contributed by atoms with van der Waals surface area (Å²) in [7, 11) is 0. The van der Waals surface area contributed by atoms with Gasteiger partial charge in [-0.05, 0) is 113 Å². The summed E-state index contributed by atoms with van der Waals surface area (Å²) in [6.07, 6.45) is 7.24. The van der Waals surface area contributed by atoms with E-state index in [2.05, 4.69) is 50.6 Å². The van der Waals surface area contributed by atoms with E-state index in [9.17, 15) is 0 Å². The maximum absolute atomic E-state index is 5.82. The first-order chi connectivity index (χ1) is 11.5. The van der Waals surface area contributed by atoms with Gasteiger partial charge in [0.15, 0.2) is 0 Å². The minimum absolute atomic E-state index is 0.682. The Hall–Kier alpha value is -0.390. The molecule has 0 unspecified atom stereocenters. The van der Waals surface area contributed by atoms with Gasteiger partial charge in [0, 0.05) is 17.6 Å². The standard InChI is InChI=1S/C19H27Br2N3/c1-12-15-5-3-4-6-16(15)19(18(21)17(12)20)23-13(2)24-9-7-14(11-22)8-10-24/h14H,3-11,22H2,1-2H3.